The Kier molecular flexibility index (Phi) is 6.55. The van der Waals surface area contributed by atoms with Crippen molar-refractivity contribution in [2.75, 3.05) is 11.9 Å². The topological polar surface area (TPSA) is 90.6 Å². The molecule has 6 heteroatoms. The van der Waals surface area contributed by atoms with Crippen LogP contribution in [0.5, 0.6) is 11.5 Å². The summed E-state index contributed by atoms with van der Waals surface area (Å²) in [7, 11) is 0. The van der Waals surface area contributed by atoms with Crippen LogP contribution < -0.4 is 20.5 Å². The zero-order valence-electron chi connectivity index (χ0n) is 18.2. The molecule has 0 saturated heterocycles. The van der Waals surface area contributed by atoms with Gasteiger partial charge in [0.05, 0.1) is 6.61 Å². The maximum atomic E-state index is 12.8. The molecule has 4 aromatic carbocycles. The maximum absolute atomic E-state index is 12.8. The number of amides is 2. The molecule has 0 aliphatic carbocycles. The summed E-state index contributed by atoms with van der Waals surface area (Å²) in [6.07, 6.45) is 0. The van der Waals surface area contributed by atoms with E-state index in [0.29, 0.717) is 29.2 Å². The highest BCUT2D eigenvalue weighted by molar-refractivity contribution is 6.04. The van der Waals surface area contributed by atoms with E-state index < -0.39 is 5.91 Å². The molecule has 6 nitrogen and oxygen atoms in total. The molecular weight excluding hydrogens is 416 g/mol. The highest BCUT2D eigenvalue weighted by Crippen LogP contribution is 2.25. The molecule has 2 amide bonds. The Balaban J connectivity index is 1.51. The molecule has 166 valence electrons. The van der Waals surface area contributed by atoms with Gasteiger partial charge in [-0.15, -0.1) is 0 Å². The van der Waals surface area contributed by atoms with Crippen molar-refractivity contribution in [2.24, 2.45) is 5.73 Å². The number of ether oxygens (including phenoxy) is 2. The number of hydrogen-bond donors (Lipinski definition) is 2. The van der Waals surface area contributed by atoms with Gasteiger partial charge in [-0.3, -0.25) is 9.59 Å². The summed E-state index contributed by atoms with van der Waals surface area (Å²) in [6, 6.07) is 25.7. The first-order chi connectivity index (χ1) is 16.0. The lowest BCUT2D eigenvalue weighted by molar-refractivity contribution is 0.0998. The highest BCUT2D eigenvalue weighted by Gasteiger charge is 2.12. The van der Waals surface area contributed by atoms with Crippen LogP contribution in [0.4, 0.5) is 5.69 Å². The highest BCUT2D eigenvalue weighted by atomic mass is 16.5. The van der Waals surface area contributed by atoms with Crippen LogP contribution in [-0.2, 0) is 6.61 Å². The minimum absolute atomic E-state index is 0.252. The molecule has 0 spiro atoms. The number of nitrogens with two attached hydrogens (primary N) is 1. The zero-order chi connectivity index (χ0) is 23.2. The molecule has 0 heterocycles. The number of benzene rings is 4. The van der Waals surface area contributed by atoms with E-state index in [2.05, 4.69) is 11.4 Å². The summed E-state index contributed by atoms with van der Waals surface area (Å²) in [6.45, 7) is 2.66. The van der Waals surface area contributed by atoms with E-state index in [1.165, 1.54) is 0 Å². The van der Waals surface area contributed by atoms with Crippen molar-refractivity contribution >= 4 is 28.3 Å². The minimum Gasteiger partial charge on any atom is -0.493 e. The largest absolute Gasteiger partial charge is 0.493 e. The lowest BCUT2D eigenvalue weighted by Crippen LogP contribution is -2.14. The van der Waals surface area contributed by atoms with E-state index in [0.717, 1.165) is 22.1 Å². The first kappa shape index (κ1) is 21.9. The average Bonchev–Trinajstić information content (AvgIpc) is 2.83. The predicted molar refractivity (Wildman–Crippen MR) is 129 cm³/mol. The van der Waals surface area contributed by atoms with Gasteiger partial charge in [0.2, 0.25) is 5.91 Å². The standard InChI is InChI=1S/C27H24N2O4/c1-2-32-25-14-10-21(27(31)29-23-11-7-19(8-12-23)26(28)30)15-22(25)17-33-24-13-9-18-5-3-4-6-20(18)16-24/h3-16H,2,17H2,1H3,(H2,28,30)(H,29,31). The van der Waals surface area contributed by atoms with E-state index in [1.54, 1.807) is 42.5 Å². The van der Waals surface area contributed by atoms with Gasteiger partial charge >= 0.3 is 0 Å². The lowest BCUT2D eigenvalue weighted by atomic mass is 10.1. The van der Waals surface area contributed by atoms with Crippen LogP contribution in [0.2, 0.25) is 0 Å². The summed E-state index contributed by atoms with van der Waals surface area (Å²) < 4.78 is 11.7. The number of rotatable bonds is 8. The first-order valence-corrected chi connectivity index (χ1v) is 10.6. The molecule has 0 aromatic heterocycles. The van der Waals surface area contributed by atoms with Crippen molar-refractivity contribution in [3.63, 3.8) is 0 Å². The Morgan fingerprint density at radius 2 is 1.55 bits per heavy atom. The van der Waals surface area contributed by atoms with Gasteiger partial charge in [0.25, 0.3) is 5.91 Å². The lowest BCUT2D eigenvalue weighted by Gasteiger charge is -2.14. The zero-order valence-corrected chi connectivity index (χ0v) is 18.2. The fourth-order valence-corrected chi connectivity index (χ4v) is 3.47. The summed E-state index contributed by atoms with van der Waals surface area (Å²) in [5.41, 5.74) is 7.43. The molecule has 0 saturated carbocycles. The van der Waals surface area contributed by atoms with Crippen molar-refractivity contribution in [1.29, 1.82) is 0 Å². The number of carbonyl (C=O) groups is 2. The Hall–Kier alpha value is -4.32. The van der Waals surface area contributed by atoms with Crippen molar-refractivity contribution in [3.8, 4) is 11.5 Å². The molecule has 33 heavy (non-hydrogen) atoms. The van der Waals surface area contributed by atoms with Crippen molar-refractivity contribution < 1.29 is 19.1 Å². The quantitative estimate of drug-likeness (QED) is 0.396. The maximum Gasteiger partial charge on any atom is 0.255 e. The number of carbonyl (C=O) groups excluding carboxylic acids is 2. The Morgan fingerprint density at radius 1 is 0.818 bits per heavy atom. The van der Waals surface area contributed by atoms with Gasteiger partial charge in [0.1, 0.15) is 18.1 Å². The van der Waals surface area contributed by atoms with Gasteiger partial charge in [0, 0.05) is 22.4 Å². The Labute approximate surface area is 191 Å². The summed E-state index contributed by atoms with van der Waals surface area (Å²) in [5.74, 6) is 0.605. The van der Waals surface area contributed by atoms with Crippen molar-refractivity contribution in [1.82, 2.24) is 0 Å². The van der Waals surface area contributed by atoms with Gasteiger partial charge in [-0.2, -0.15) is 0 Å². The summed E-state index contributed by atoms with van der Waals surface area (Å²) in [4.78, 5) is 24.0. The molecule has 4 aromatic rings. The SMILES string of the molecule is CCOc1ccc(C(=O)Nc2ccc(C(N)=O)cc2)cc1COc1ccc2ccccc2c1. The van der Waals surface area contributed by atoms with E-state index in [1.807, 2.05) is 43.3 Å². The average molecular weight is 440 g/mol. The monoisotopic (exact) mass is 440 g/mol. The Bertz CT molecular complexity index is 1300. The van der Waals surface area contributed by atoms with Crippen molar-refractivity contribution in [3.05, 3.63) is 102 Å². The first-order valence-electron chi connectivity index (χ1n) is 10.6. The predicted octanol–water partition coefficient (Wildman–Crippen LogP) is 5.17. The number of primary amides is 1. The smallest absolute Gasteiger partial charge is 0.255 e. The van der Waals surface area contributed by atoms with E-state index in [-0.39, 0.29) is 12.5 Å². The second kappa shape index (κ2) is 9.87. The number of nitrogens with one attached hydrogen (secondary N) is 1. The van der Waals surface area contributed by atoms with Crippen LogP contribution in [0, 0.1) is 0 Å². The molecule has 0 unspecified atom stereocenters. The van der Waals surface area contributed by atoms with Crippen LogP contribution >= 0.6 is 0 Å². The molecule has 4 rings (SSSR count). The van der Waals surface area contributed by atoms with Crippen LogP contribution in [0.25, 0.3) is 10.8 Å². The van der Waals surface area contributed by atoms with E-state index in [4.69, 9.17) is 15.2 Å². The Morgan fingerprint density at radius 3 is 2.27 bits per heavy atom. The molecule has 0 fully saturated rings. The van der Waals surface area contributed by atoms with Crippen molar-refractivity contribution in [2.45, 2.75) is 13.5 Å². The van der Waals surface area contributed by atoms with E-state index in [9.17, 15) is 9.59 Å². The molecule has 0 atom stereocenters. The van der Waals surface area contributed by atoms with Crippen LogP contribution in [0.1, 0.15) is 33.2 Å². The van der Waals surface area contributed by atoms with Gasteiger partial charge in [0.15, 0.2) is 0 Å². The number of hydrogen-bond acceptors (Lipinski definition) is 4. The fourth-order valence-electron chi connectivity index (χ4n) is 3.47. The second-order valence-corrected chi connectivity index (χ2v) is 7.45. The number of fused-ring (bicyclic) bond motifs is 1. The third-order valence-electron chi connectivity index (χ3n) is 5.17. The number of anilines is 1. The molecule has 3 N–H and O–H groups in total. The molecule has 0 aliphatic rings. The molecule has 0 radical (unpaired) electrons. The molecular formula is C27H24N2O4. The normalized spacial score (nSPS) is 10.6. The fraction of sp³-hybridized carbons (Fsp3) is 0.111. The minimum atomic E-state index is -0.518. The molecule has 0 bridgehead atoms. The van der Waals surface area contributed by atoms with Gasteiger partial charge < -0.3 is 20.5 Å². The summed E-state index contributed by atoms with van der Waals surface area (Å²) in [5, 5.41) is 5.06. The summed E-state index contributed by atoms with van der Waals surface area (Å²) >= 11 is 0. The third kappa shape index (κ3) is 5.30. The van der Waals surface area contributed by atoms with Gasteiger partial charge in [-0.1, -0.05) is 30.3 Å². The van der Waals surface area contributed by atoms with Gasteiger partial charge in [-0.25, -0.2) is 0 Å². The third-order valence-corrected chi connectivity index (χ3v) is 5.17. The van der Waals surface area contributed by atoms with Crippen LogP contribution in [0.15, 0.2) is 84.9 Å². The molecule has 0 aliphatic heterocycles. The van der Waals surface area contributed by atoms with Crippen LogP contribution in [-0.4, -0.2) is 18.4 Å². The van der Waals surface area contributed by atoms with E-state index >= 15 is 0 Å². The second-order valence-electron chi connectivity index (χ2n) is 7.45. The van der Waals surface area contributed by atoms with Crippen LogP contribution in [0.3, 0.4) is 0 Å². The van der Waals surface area contributed by atoms with Gasteiger partial charge in [-0.05, 0) is 72.3 Å².